The Morgan fingerprint density at radius 2 is 1.95 bits per heavy atom. The van der Waals surface area contributed by atoms with Crippen LogP contribution in [0.15, 0.2) is 42.5 Å². The zero-order valence-corrected chi connectivity index (χ0v) is 11.9. The van der Waals surface area contributed by atoms with Crippen molar-refractivity contribution in [3.05, 3.63) is 64.2 Å². The molecule has 0 aliphatic carbocycles. The van der Waals surface area contributed by atoms with Gasteiger partial charge in [0.1, 0.15) is 0 Å². The number of aliphatic hydroxyl groups is 1. The minimum Gasteiger partial charge on any atom is -0.394 e. The number of benzene rings is 2. The molecule has 100 valence electrons. The van der Waals surface area contributed by atoms with Crippen LogP contribution in [0.4, 0.5) is 5.69 Å². The van der Waals surface area contributed by atoms with Crippen molar-refractivity contribution in [1.29, 1.82) is 0 Å². The molecule has 2 aromatic carbocycles. The summed E-state index contributed by atoms with van der Waals surface area (Å²) in [4.78, 5) is 0. The monoisotopic (exact) mass is 275 g/mol. The first-order valence-corrected chi connectivity index (χ1v) is 6.68. The summed E-state index contributed by atoms with van der Waals surface area (Å²) >= 11 is 5.96. The molecule has 1 atom stereocenters. The SMILES string of the molecule is Cc1cccc(NC(CO)c2ccc(Cl)cc2C)c1. The molecular weight excluding hydrogens is 258 g/mol. The van der Waals surface area contributed by atoms with Gasteiger partial charge in [-0.05, 0) is 54.8 Å². The Bertz CT molecular complexity index is 568. The average molecular weight is 276 g/mol. The van der Waals surface area contributed by atoms with Gasteiger partial charge < -0.3 is 10.4 Å². The maximum absolute atomic E-state index is 9.61. The van der Waals surface area contributed by atoms with Crippen molar-refractivity contribution in [1.82, 2.24) is 0 Å². The minimum absolute atomic E-state index is 0.0381. The molecular formula is C16H18ClNO. The molecule has 2 rings (SSSR count). The third kappa shape index (κ3) is 3.49. The van der Waals surface area contributed by atoms with Gasteiger partial charge in [0.2, 0.25) is 0 Å². The van der Waals surface area contributed by atoms with Crippen molar-refractivity contribution in [2.75, 3.05) is 11.9 Å². The second-order valence-corrected chi connectivity index (χ2v) is 5.19. The van der Waals surface area contributed by atoms with Gasteiger partial charge in [-0.25, -0.2) is 0 Å². The maximum atomic E-state index is 9.61. The Morgan fingerprint density at radius 1 is 1.16 bits per heavy atom. The van der Waals surface area contributed by atoms with Crippen LogP contribution in [0.1, 0.15) is 22.7 Å². The van der Waals surface area contributed by atoms with E-state index in [9.17, 15) is 5.11 Å². The Hall–Kier alpha value is -1.51. The predicted molar refractivity (Wildman–Crippen MR) is 80.8 cm³/mol. The van der Waals surface area contributed by atoms with E-state index in [0.717, 1.165) is 16.8 Å². The van der Waals surface area contributed by atoms with Crippen molar-refractivity contribution < 1.29 is 5.11 Å². The first-order chi connectivity index (χ1) is 9.10. The number of anilines is 1. The Morgan fingerprint density at radius 3 is 2.58 bits per heavy atom. The predicted octanol–water partition coefficient (Wildman–Crippen LogP) is 4.10. The van der Waals surface area contributed by atoms with Crippen molar-refractivity contribution >= 4 is 17.3 Å². The second kappa shape index (κ2) is 6.09. The van der Waals surface area contributed by atoms with E-state index in [0.29, 0.717) is 5.02 Å². The quantitative estimate of drug-likeness (QED) is 0.880. The van der Waals surface area contributed by atoms with Gasteiger partial charge in [-0.2, -0.15) is 0 Å². The van der Waals surface area contributed by atoms with Crippen LogP contribution in [0.5, 0.6) is 0 Å². The Labute approximate surface area is 119 Å². The van der Waals surface area contributed by atoms with Crippen LogP contribution in [0.3, 0.4) is 0 Å². The molecule has 1 unspecified atom stereocenters. The molecule has 0 aromatic heterocycles. The summed E-state index contributed by atoms with van der Waals surface area (Å²) in [6, 6.07) is 13.7. The fourth-order valence-corrected chi connectivity index (χ4v) is 2.41. The van der Waals surface area contributed by atoms with Gasteiger partial charge in [-0.3, -0.25) is 0 Å². The number of halogens is 1. The van der Waals surface area contributed by atoms with E-state index in [-0.39, 0.29) is 12.6 Å². The summed E-state index contributed by atoms with van der Waals surface area (Å²) in [6.45, 7) is 4.09. The van der Waals surface area contributed by atoms with E-state index in [1.807, 2.05) is 50.2 Å². The first kappa shape index (κ1) is 13.9. The summed E-state index contributed by atoms with van der Waals surface area (Å²) in [7, 11) is 0. The highest BCUT2D eigenvalue weighted by atomic mass is 35.5. The van der Waals surface area contributed by atoms with Crippen LogP contribution in [0, 0.1) is 13.8 Å². The van der Waals surface area contributed by atoms with Crippen molar-refractivity contribution in [3.63, 3.8) is 0 Å². The highest BCUT2D eigenvalue weighted by molar-refractivity contribution is 6.30. The standard InChI is InChI=1S/C16H18ClNO/c1-11-4-3-5-14(8-11)18-16(10-19)15-7-6-13(17)9-12(15)2/h3-9,16,18-19H,10H2,1-2H3. The zero-order valence-electron chi connectivity index (χ0n) is 11.2. The molecule has 0 heterocycles. The Kier molecular flexibility index (Phi) is 4.46. The number of hydrogen-bond donors (Lipinski definition) is 2. The molecule has 3 heteroatoms. The molecule has 0 bridgehead atoms. The largest absolute Gasteiger partial charge is 0.394 e. The van der Waals surface area contributed by atoms with Gasteiger partial charge in [-0.15, -0.1) is 0 Å². The van der Waals surface area contributed by atoms with E-state index < -0.39 is 0 Å². The molecule has 2 aromatic rings. The molecule has 0 aliphatic heterocycles. The number of rotatable bonds is 4. The smallest absolute Gasteiger partial charge is 0.0747 e. The normalized spacial score (nSPS) is 12.2. The summed E-state index contributed by atoms with van der Waals surface area (Å²) in [5.41, 5.74) is 4.34. The highest BCUT2D eigenvalue weighted by Gasteiger charge is 2.13. The minimum atomic E-state index is -0.126. The summed E-state index contributed by atoms with van der Waals surface area (Å²) in [6.07, 6.45) is 0. The lowest BCUT2D eigenvalue weighted by atomic mass is 10.0. The lowest BCUT2D eigenvalue weighted by Crippen LogP contribution is -2.16. The summed E-state index contributed by atoms with van der Waals surface area (Å²) in [5.74, 6) is 0. The maximum Gasteiger partial charge on any atom is 0.0747 e. The molecule has 0 fully saturated rings. The van der Waals surface area contributed by atoms with E-state index >= 15 is 0 Å². The number of hydrogen-bond acceptors (Lipinski definition) is 2. The van der Waals surface area contributed by atoms with Crippen molar-refractivity contribution in [2.24, 2.45) is 0 Å². The average Bonchev–Trinajstić information content (AvgIpc) is 2.37. The lowest BCUT2D eigenvalue weighted by Gasteiger charge is -2.20. The first-order valence-electron chi connectivity index (χ1n) is 6.30. The van der Waals surface area contributed by atoms with Gasteiger partial charge in [0, 0.05) is 10.7 Å². The third-order valence-corrected chi connectivity index (χ3v) is 3.38. The van der Waals surface area contributed by atoms with E-state index in [4.69, 9.17) is 11.6 Å². The van der Waals surface area contributed by atoms with E-state index in [1.165, 1.54) is 5.56 Å². The molecule has 2 N–H and O–H groups in total. The van der Waals surface area contributed by atoms with Gasteiger partial charge in [0.05, 0.1) is 12.6 Å². The van der Waals surface area contributed by atoms with Crippen molar-refractivity contribution in [3.8, 4) is 0 Å². The van der Waals surface area contributed by atoms with Gasteiger partial charge in [0.15, 0.2) is 0 Å². The molecule has 0 amide bonds. The zero-order chi connectivity index (χ0) is 13.8. The van der Waals surface area contributed by atoms with Crippen molar-refractivity contribution in [2.45, 2.75) is 19.9 Å². The van der Waals surface area contributed by atoms with E-state index in [1.54, 1.807) is 0 Å². The fourth-order valence-electron chi connectivity index (χ4n) is 2.19. The molecule has 0 spiro atoms. The van der Waals surface area contributed by atoms with Crippen LogP contribution in [0.25, 0.3) is 0 Å². The summed E-state index contributed by atoms with van der Waals surface area (Å²) in [5, 5.41) is 13.7. The number of aliphatic hydroxyl groups excluding tert-OH is 1. The highest BCUT2D eigenvalue weighted by Crippen LogP contribution is 2.25. The van der Waals surface area contributed by atoms with Crippen LogP contribution >= 0.6 is 11.6 Å². The van der Waals surface area contributed by atoms with Crippen LogP contribution in [-0.4, -0.2) is 11.7 Å². The van der Waals surface area contributed by atoms with Gasteiger partial charge in [0.25, 0.3) is 0 Å². The topological polar surface area (TPSA) is 32.3 Å². The van der Waals surface area contributed by atoms with Crippen LogP contribution < -0.4 is 5.32 Å². The molecule has 2 nitrogen and oxygen atoms in total. The third-order valence-electron chi connectivity index (χ3n) is 3.15. The van der Waals surface area contributed by atoms with Gasteiger partial charge in [-0.1, -0.05) is 29.8 Å². The molecule has 19 heavy (non-hydrogen) atoms. The molecule has 0 radical (unpaired) electrons. The molecule has 0 aliphatic rings. The van der Waals surface area contributed by atoms with E-state index in [2.05, 4.69) is 11.4 Å². The van der Waals surface area contributed by atoms with Gasteiger partial charge >= 0.3 is 0 Å². The molecule has 0 saturated carbocycles. The second-order valence-electron chi connectivity index (χ2n) is 4.75. The number of nitrogens with one attached hydrogen (secondary N) is 1. The lowest BCUT2D eigenvalue weighted by molar-refractivity contribution is 0.276. The summed E-state index contributed by atoms with van der Waals surface area (Å²) < 4.78 is 0. The molecule has 0 saturated heterocycles. The fraction of sp³-hybridized carbons (Fsp3) is 0.250. The number of aryl methyl sites for hydroxylation is 2. The van der Waals surface area contributed by atoms with Crippen LogP contribution in [-0.2, 0) is 0 Å². The Balaban J connectivity index is 2.25. The van der Waals surface area contributed by atoms with Crippen LogP contribution in [0.2, 0.25) is 5.02 Å².